The van der Waals surface area contributed by atoms with Crippen molar-refractivity contribution in [3.63, 3.8) is 0 Å². The number of hydrogen-bond donors (Lipinski definition) is 0. The molecule has 0 aromatic carbocycles. The second kappa shape index (κ2) is 3.61. The molecule has 0 aliphatic heterocycles. The van der Waals surface area contributed by atoms with Crippen molar-refractivity contribution < 1.29 is 0 Å². The fourth-order valence-electron chi connectivity index (χ4n) is 1.52. The summed E-state index contributed by atoms with van der Waals surface area (Å²) in [6.45, 7) is 8.35. The summed E-state index contributed by atoms with van der Waals surface area (Å²) in [6, 6.07) is 2.08. The minimum absolute atomic E-state index is 0.426. The summed E-state index contributed by atoms with van der Waals surface area (Å²) in [5.74, 6) is 2.00. The van der Waals surface area contributed by atoms with E-state index in [4.69, 9.17) is 0 Å². The molecule has 0 saturated carbocycles. The van der Waals surface area contributed by atoms with Crippen LogP contribution < -0.4 is 0 Å². The summed E-state index contributed by atoms with van der Waals surface area (Å²) in [4.78, 5) is 8.87. The van der Waals surface area contributed by atoms with E-state index < -0.39 is 0 Å². The van der Waals surface area contributed by atoms with Gasteiger partial charge in [0.1, 0.15) is 0 Å². The van der Waals surface area contributed by atoms with Gasteiger partial charge in [-0.1, -0.05) is 20.8 Å². The molecule has 4 nitrogen and oxygen atoms in total. The van der Waals surface area contributed by atoms with Crippen LogP contribution in [-0.4, -0.2) is 19.6 Å². The van der Waals surface area contributed by atoms with Crippen molar-refractivity contribution in [3.05, 3.63) is 23.3 Å². The third-order valence-electron chi connectivity index (χ3n) is 2.46. The molecule has 0 aliphatic carbocycles. The van der Waals surface area contributed by atoms with Crippen LogP contribution in [0.1, 0.15) is 43.9 Å². The molecule has 80 valence electrons. The number of rotatable bonds is 2. The van der Waals surface area contributed by atoms with E-state index >= 15 is 0 Å². The Labute approximate surface area is 89.4 Å². The van der Waals surface area contributed by atoms with E-state index in [-0.39, 0.29) is 0 Å². The van der Waals surface area contributed by atoms with E-state index in [0.29, 0.717) is 5.92 Å². The van der Waals surface area contributed by atoms with Gasteiger partial charge in [-0.25, -0.2) is 9.50 Å². The predicted molar refractivity (Wildman–Crippen MR) is 59.0 cm³/mol. The molecular weight excluding hydrogens is 188 g/mol. The molecule has 15 heavy (non-hydrogen) atoms. The molecule has 2 aromatic heterocycles. The van der Waals surface area contributed by atoms with Crippen LogP contribution in [0.5, 0.6) is 0 Å². The first kappa shape index (κ1) is 10.1. The van der Waals surface area contributed by atoms with E-state index in [0.717, 1.165) is 29.4 Å². The lowest BCUT2D eigenvalue weighted by atomic mass is 10.1. The Morgan fingerprint density at radius 1 is 1.33 bits per heavy atom. The monoisotopic (exact) mass is 204 g/mol. The van der Waals surface area contributed by atoms with Crippen LogP contribution in [0.3, 0.4) is 0 Å². The van der Waals surface area contributed by atoms with Crippen LogP contribution in [0.25, 0.3) is 5.78 Å². The molecule has 0 radical (unpaired) electrons. The zero-order chi connectivity index (χ0) is 11.0. The average Bonchev–Trinajstić information content (AvgIpc) is 2.61. The summed E-state index contributed by atoms with van der Waals surface area (Å²) in [7, 11) is 0. The van der Waals surface area contributed by atoms with Gasteiger partial charge < -0.3 is 0 Å². The van der Waals surface area contributed by atoms with Gasteiger partial charge in [0.15, 0.2) is 5.82 Å². The van der Waals surface area contributed by atoms with Gasteiger partial charge in [-0.2, -0.15) is 4.98 Å². The molecule has 0 aliphatic rings. The molecule has 0 spiro atoms. The molecule has 2 heterocycles. The highest BCUT2D eigenvalue weighted by molar-refractivity contribution is 5.32. The lowest BCUT2D eigenvalue weighted by Crippen LogP contribution is -2.01. The molecule has 0 N–H and O–H groups in total. The largest absolute Gasteiger partial charge is 0.252 e. The van der Waals surface area contributed by atoms with Gasteiger partial charge >= 0.3 is 0 Å². The number of fused-ring (bicyclic) bond motifs is 1. The van der Waals surface area contributed by atoms with Crippen molar-refractivity contribution in [3.8, 4) is 0 Å². The molecule has 0 fully saturated rings. The Bertz CT molecular complexity index is 485. The van der Waals surface area contributed by atoms with E-state index in [1.165, 1.54) is 0 Å². The fourth-order valence-corrected chi connectivity index (χ4v) is 1.52. The SMILES string of the molecule is CCc1nc2nc(C(C)C)cc(C)n2n1. The van der Waals surface area contributed by atoms with Gasteiger partial charge in [0, 0.05) is 17.8 Å². The Morgan fingerprint density at radius 2 is 2.07 bits per heavy atom. The fraction of sp³-hybridized carbons (Fsp3) is 0.545. The van der Waals surface area contributed by atoms with E-state index in [2.05, 4.69) is 35.0 Å². The molecule has 0 amide bonds. The molecule has 0 saturated heterocycles. The first-order chi connectivity index (χ1) is 7.11. The van der Waals surface area contributed by atoms with Crippen LogP contribution in [0.4, 0.5) is 0 Å². The van der Waals surface area contributed by atoms with Gasteiger partial charge in [-0.15, -0.1) is 5.10 Å². The first-order valence-corrected chi connectivity index (χ1v) is 5.35. The average molecular weight is 204 g/mol. The standard InChI is InChI=1S/C11H16N4/c1-5-10-13-11-12-9(7(2)3)6-8(4)15(11)14-10/h6-7H,5H2,1-4H3. The lowest BCUT2D eigenvalue weighted by Gasteiger charge is -2.05. The number of nitrogens with zero attached hydrogens (tertiary/aromatic N) is 4. The maximum Gasteiger partial charge on any atom is 0.252 e. The molecule has 0 unspecified atom stereocenters. The van der Waals surface area contributed by atoms with Crippen molar-refractivity contribution in [2.24, 2.45) is 0 Å². The smallest absolute Gasteiger partial charge is 0.216 e. The minimum Gasteiger partial charge on any atom is -0.216 e. The van der Waals surface area contributed by atoms with Crippen molar-refractivity contribution in [2.75, 3.05) is 0 Å². The van der Waals surface area contributed by atoms with Crippen molar-refractivity contribution in [1.82, 2.24) is 19.6 Å². The Morgan fingerprint density at radius 3 is 2.67 bits per heavy atom. The van der Waals surface area contributed by atoms with Crippen LogP contribution in [0, 0.1) is 6.92 Å². The van der Waals surface area contributed by atoms with Gasteiger partial charge in [-0.3, -0.25) is 0 Å². The Balaban J connectivity index is 2.65. The molecule has 4 heteroatoms. The molecule has 2 rings (SSSR count). The maximum absolute atomic E-state index is 4.49. The summed E-state index contributed by atoms with van der Waals surface area (Å²) in [5, 5.41) is 4.37. The second-order valence-electron chi connectivity index (χ2n) is 4.07. The summed E-state index contributed by atoms with van der Waals surface area (Å²) in [5.41, 5.74) is 2.17. The minimum atomic E-state index is 0.426. The third-order valence-corrected chi connectivity index (χ3v) is 2.46. The van der Waals surface area contributed by atoms with Crippen LogP contribution in [0.2, 0.25) is 0 Å². The highest BCUT2D eigenvalue weighted by Gasteiger charge is 2.09. The third kappa shape index (κ3) is 1.71. The Hall–Kier alpha value is -1.45. The van der Waals surface area contributed by atoms with Crippen molar-refractivity contribution in [1.29, 1.82) is 0 Å². The Kier molecular flexibility index (Phi) is 2.42. The van der Waals surface area contributed by atoms with E-state index in [1.54, 1.807) is 0 Å². The maximum atomic E-state index is 4.49. The zero-order valence-electron chi connectivity index (χ0n) is 9.65. The van der Waals surface area contributed by atoms with Gasteiger partial charge in [-0.05, 0) is 18.9 Å². The molecule has 2 aromatic rings. The van der Waals surface area contributed by atoms with E-state index in [9.17, 15) is 0 Å². The predicted octanol–water partition coefficient (Wildman–Crippen LogP) is 2.12. The zero-order valence-corrected chi connectivity index (χ0v) is 9.65. The van der Waals surface area contributed by atoms with Crippen LogP contribution in [0.15, 0.2) is 6.07 Å². The second-order valence-corrected chi connectivity index (χ2v) is 4.07. The quantitative estimate of drug-likeness (QED) is 0.752. The van der Waals surface area contributed by atoms with Crippen LogP contribution in [-0.2, 0) is 6.42 Å². The highest BCUT2D eigenvalue weighted by atomic mass is 15.3. The number of aromatic nitrogens is 4. The summed E-state index contributed by atoms with van der Waals surface area (Å²) >= 11 is 0. The summed E-state index contributed by atoms with van der Waals surface area (Å²) in [6.07, 6.45) is 0.847. The van der Waals surface area contributed by atoms with E-state index in [1.807, 2.05) is 18.4 Å². The van der Waals surface area contributed by atoms with Gasteiger partial charge in [0.25, 0.3) is 5.78 Å². The van der Waals surface area contributed by atoms with Gasteiger partial charge in [0.2, 0.25) is 0 Å². The van der Waals surface area contributed by atoms with Gasteiger partial charge in [0.05, 0.1) is 0 Å². The number of hydrogen-bond acceptors (Lipinski definition) is 3. The topological polar surface area (TPSA) is 43.1 Å². The summed E-state index contributed by atoms with van der Waals surface area (Å²) < 4.78 is 1.81. The number of aryl methyl sites for hydroxylation is 2. The van der Waals surface area contributed by atoms with Crippen molar-refractivity contribution >= 4 is 5.78 Å². The molecule has 0 atom stereocenters. The normalized spacial score (nSPS) is 11.5. The first-order valence-electron chi connectivity index (χ1n) is 5.35. The lowest BCUT2D eigenvalue weighted by molar-refractivity contribution is 0.790. The van der Waals surface area contributed by atoms with Crippen LogP contribution >= 0.6 is 0 Å². The highest BCUT2D eigenvalue weighted by Crippen LogP contribution is 2.14. The molecule has 0 bridgehead atoms. The van der Waals surface area contributed by atoms with Crippen molar-refractivity contribution in [2.45, 2.75) is 40.0 Å². The molecular formula is C11H16N4.